The SMILES string of the molecule is CC1=C(C)C2C=CC=C(O)C2N=N1. The summed E-state index contributed by atoms with van der Waals surface area (Å²) < 4.78 is 0. The topological polar surface area (TPSA) is 45.0 Å². The van der Waals surface area contributed by atoms with Crippen LogP contribution in [0.2, 0.25) is 0 Å². The van der Waals surface area contributed by atoms with Crippen molar-refractivity contribution in [2.45, 2.75) is 19.9 Å². The Kier molecular flexibility index (Phi) is 1.79. The number of aliphatic hydroxyl groups excluding tert-OH is 1. The molecule has 2 rings (SSSR count). The number of fused-ring (bicyclic) bond motifs is 1. The van der Waals surface area contributed by atoms with Crippen molar-refractivity contribution in [3.63, 3.8) is 0 Å². The van der Waals surface area contributed by atoms with Crippen molar-refractivity contribution in [2.75, 3.05) is 0 Å². The monoisotopic (exact) mass is 176 g/mol. The van der Waals surface area contributed by atoms with Crippen molar-refractivity contribution >= 4 is 0 Å². The molecule has 2 unspecified atom stereocenters. The number of hydrogen-bond acceptors (Lipinski definition) is 3. The molecular weight excluding hydrogens is 164 g/mol. The van der Waals surface area contributed by atoms with E-state index in [2.05, 4.69) is 16.3 Å². The Morgan fingerprint density at radius 3 is 2.92 bits per heavy atom. The molecule has 1 aliphatic carbocycles. The molecule has 0 saturated carbocycles. The van der Waals surface area contributed by atoms with E-state index in [0.717, 1.165) is 5.70 Å². The summed E-state index contributed by atoms with van der Waals surface area (Å²) in [6, 6.07) is -0.186. The summed E-state index contributed by atoms with van der Waals surface area (Å²) >= 11 is 0. The van der Waals surface area contributed by atoms with Gasteiger partial charge in [0.2, 0.25) is 0 Å². The van der Waals surface area contributed by atoms with Gasteiger partial charge in [0, 0.05) is 5.92 Å². The van der Waals surface area contributed by atoms with Gasteiger partial charge in [-0.15, -0.1) is 0 Å². The minimum absolute atomic E-state index is 0.186. The average molecular weight is 176 g/mol. The first-order valence-corrected chi connectivity index (χ1v) is 4.35. The van der Waals surface area contributed by atoms with Crippen LogP contribution >= 0.6 is 0 Å². The third-order valence-electron chi connectivity index (χ3n) is 2.63. The van der Waals surface area contributed by atoms with Crippen molar-refractivity contribution in [1.29, 1.82) is 0 Å². The molecule has 0 fully saturated rings. The van der Waals surface area contributed by atoms with E-state index in [1.54, 1.807) is 6.08 Å². The van der Waals surface area contributed by atoms with Crippen LogP contribution in [-0.4, -0.2) is 11.1 Å². The highest BCUT2D eigenvalue weighted by Gasteiger charge is 2.29. The van der Waals surface area contributed by atoms with Gasteiger partial charge < -0.3 is 5.11 Å². The molecule has 0 aromatic rings. The lowest BCUT2D eigenvalue weighted by atomic mass is 9.86. The summed E-state index contributed by atoms with van der Waals surface area (Å²) in [6.07, 6.45) is 5.60. The molecule has 2 atom stereocenters. The fourth-order valence-electron chi connectivity index (χ4n) is 1.64. The highest BCUT2D eigenvalue weighted by Crippen LogP contribution is 2.33. The van der Waals surface area contributed by atoms with E-state index in [1.807, 2.05) is 19.9 Å². The maximum absolute atomic E-state index is 9.54. The van der Waals surface area contributed by atoms with Crippen LogP contribution in [0, 0.1) is 5.92 Å². The molecular formula is C10H12N2O. The van der Waals surface area contributed by atoms with Gasteiger partial charge in [-0.25, -0.2) is 0 Å². The summed E-state index contributed by atoms with van der Waals surface area (Å²) in [5.74, 6) is 0.505. The first-order chi connectivity index (χ1) is 6.20. The summed E-state index contributed by atoms with van der Waals surface area (Å²) in [6.45, 7) is 3.98. The lowest BCUT2D eigenvalue weighted by Gasteiger charge is -2.26. The highest BCUT2D eigenvalue weighted by molar-refractivity contribution is 5.32. The van der Waals surface area contributed by atoms with Crippen molar-refractivity contribution in [2.24, 2.45) is 16.1 Å². The second kappa shape index (κ2) is 2.83. The van der Waals surface area contributed by atoms with Gasteiger partial charge in [0.15, 0.2) is 0 Å². The quantitative estimate of drug-likeness (QED) is 0.606. The van der Waals surface area contributed by atoms with Gasteiger partial charge >= 0.3 is 0 Å². The first kappa shape index (κ1) is 8.23. The molecule has 68 valence electrons. The molecule has 0 radical (unpaired) electrons. The maximum atomic E-state index is 9.54. The van der Waals surface area contributed by atoms with Gasteiger partial charge in [-0.1, -0.05) is 12.2 Å². The largest absolute Gasteiger partial charge is 0.510 e. The fourth-order valence-corrected chi connectivity index (χ4v) is 1.64. The zero-order chi connectivity index (χ0) is 9.42. The maximum Gasteiger partial charge on any atom is 0.138 e. The van der Waals surface area contributed by atoms with Gasteiger partial charge in [0.05, 0.1) is 5.70 Å². The number of azo groups is 1. The standard InChI is InChI=1S/C10H12N2O/c1-6-7(2)11-12-10-8(6)4-3-5-9(10)13/h3-5,8,10,13H,1-2H3. The molecule has 1 heterocycles. The molecule has 3 heteroatoms. The third kappa shape index (κ3) is 1.20. The molecule has 2 aliphatic rings. The van der Waals surface area contributed by atoms with Gasteiger partial charge in [0.1, 0.15) is 11.8 Å². The van der Waals surface area contributed by atoms with Crippen molar-refractivity contribution < 1.29 is 5.11 Å². The van der Waals surface area contributed by atoms with E-state index in [4.69, 9.17) is 0 Å². The van der Waals surface area contributed by atoms with E-state index in [1.165, 1.54) is 5.57 Å². The molecule has 1 aliphatic heterocycles. The van der Waals surface area contributed by atoms with Crippen molar-refractivity contribution in [3.05, 3.63) is 35.3 Å². The van der Waals surface area contributed by atoms with Crippen LogP contribution in [0.15, 0.2) is 45.5 Å². The molecule has 3 nitrogen and oxygen atoms in total. The van der Waals surface area contributed by atoms with Gasteiger partial charge in [-0.3, -0.25) is 0 Å². The van der Waals surface area contributed by atoms with Gasteiger partial charge in [0.25, 0.3) is 0 Å². The highest BCUT2D eigenvalue weighted by atomic mass is 16.3. The molecule has 0 aromatic carbocycles. The van der Waals surface area contributed by atoms with E-state index in [-0.39, 0.29) is 12.0 Å². The van der Waals surface area contributed by atoms with E-state index in [0.29, 0.717) is 5.76 Å². The lowest BCUT2D eigenvalue weighted by Crippen LogP contribution is -2.25. The van der Waals surface area contributed by atoms with Crippen molar-refractivity contribution in [3.8, 4) is 0 Å². The first-order valence-electron chi connectivity index (χ1n) is 4.35. The summed E-state index contributed by atoms with van der Waals surface area (Å²) in [4.78, 5) is 0. The van der Waals surface area contributed by atoms with Crippen LogP contribution in [-0.2, 0) is 0 Å². The Bertz CT molecular complexity index is 350. The average Bonchev–Trinajstić information content (AvgIpc) is 2.12. The van der Waals surface area contributed by atoms with Gasteiger partial charge in [-0.05, 0) is 25.5 Å². The van der Waals surface area contributed by atoms with Crippen LogP contribution in [0.4, 0.5) is 0 Å². The Labute approximate surface area is 77.2 Å². The summed E-state index contributed by atoms with van der Waals surface area (Å²) in [7, 11) is 0. The number of allylic oxidation sites excluding steroid dienone is 3. The Morgan fingerprint density at radius 2 is 2.15 bits per heavy atom. The minimum atomic E-state index is -0.186. The second-order valence-electron chi connectivity index (χ2n) is 3.43. The predicted octanol–water partition coefficient (Wildman–Crippen LogP) is 2.74. The van der Waals surface area contributed by atoms with Crippen molar-refractivity contribution in [1.82, 2.24) is 0 Å². The zero-order valence-electron chi connectivity index (χ0n) is 7.73. The van der Waals surface area contributed by atoms with Crippen LogP contribution in [0.3, 0.4) is 0 Å². The molecule has 0 spiro atoms. The van der Waals surface area contributed by atoms with E-state index >= 15 is 0 Å². The normalized spacial score (nSPS) is 31.7. The minimum Gasteiger partial charge on any atom is -0.510 e. The predicted molar refractivity (Wildman–Crippen MR) is 50.4 cm³/mol. The Hall–Kier alpha value is -1.38. The second-order valence-corrected chi connectivity index (χ2v) is 3.43. The smallest absolute Gasteiger partial charge is 0.138 e. The molecule has 0 saturated heterocycles. The molecule has 0 amide bonds. The van der Waals surface area contributed by atoms with E-state index in [9.17, 15) is 5.11 Å². The van der Waals surface area contributed by atoms with Gasteiger partial charge in [-0.2, -0.15) is 10.2 Å². The number of hydrogen-bond donors (Lipinski definition) is 1. The summed E-state index contributed by atoms with van der Waals surface area (Å²) in [5.41, 5.74) is 2.15. The van der Waals surface area contributed by atoms with Crippen LogP contribution in [0.1, 0.15) is 13.8 Å². The summed E-state index contributed by atoms with van der Waals surface area (Å²) in [5, 5.41) is 17.6. The zero-order valence-corrected chi connectivity index (χ0v) is 7.73. The number of rotatable bonds is 0. The fraction of sp³-hybridized carbons (Fsp3) is 0.400. The van der Waals surface area contributed by atoms with Crippen LogP contribution in [0.5, 0.6) is 0 Å². The number of nitrogens with zero attached hydrogens (tertiary/aromatic N) is 2. The lowest BCUT2D eigenvalue weighted by molar-refractivity contribution is 0.335. The van der Waals surface area contributed by atoms with Crippen LogP contribution in [0.25, 0.3) is 0 Å². The Morgan fingerprint density at radius 1 is 1.38 bits per heavy atom. The molecule has 13 heavy (non-hydrogen) atoms. The Balaban J connectivity index is 2.41. The van der Waals surface area contributed by atoms with Crippen LogP contribution < -0.4 is 0 Å². The molecule has 0 aromatic heterocycles. The van der Waals surface area contributed by atoms with E-state index < -0.39 is 0 Å². The molecule has 1 N–H and O–H groups in total. The third-order valence-corrected chi connectivity index (χ3v) is 2.63. The number of aliphatic hydroxyl groups is 1. The molecule has 0 bridgehead atoms.